The summed E-state index contributed by atoms with van der Waals surface area (Å²) in [6.45, 7) is 4.46. The van der Waals surface area contributed by atoms with E-state index in [1.807, 2.05) is 12.1 Å². The number of thioether (sulfide) groups is 1. The van der Waals surface area contributed by atoms with Crippen molar-refractivity contribution in [3.63, 3.8) is 0 Å². The molecular weight excluding hydrogens is 288 g/mol. The first-order valence-electron chi connectivity index (χ1n) is 6.64. The van der Waals surface area contributed by atoms with Crippen molar-refractivity contribution in [1.82, 2.24) is 9.55 Å². The van der Waals surface area contributed by atoms with Crippen molar-refractivity contribution in [3.8, 4) is 0 Å². The Bertz CT molecular complexity index is 769. The molecule has 0 aliphatic carbocycles. The van der Waals surface area contributed by atoms with Crippen LogP contribution in [0.25, 0.3) is 10.9 Å². The molecule has 1 fully saturated rings. The maximum absolute atomic E-state index is 12.5. The smallest absolute Gasteiger partial charge is 0.319 e. The van der Waals surface area contributed by atoms with Gasteiger partial charge in [-0.2, -0.15) is 0 Å². The summed E-state index contributed by atoms with van der Waals surface area (Å²) in [5.41, 5.74) is 0.519. The Hall–Kier alpha value is -2.08. The fourth-order valence-electron chi connectivity index (χ4n) is 2.24. The van der Waals surface area contributed by atoms with Crippen molar-refractivity contribution < 1.29 is 9.53 Å². The molecular formula is C15H14N2O3S. The Labute approximate surface area is 125 Å². The number of para-hydroxylation sites is 1. The van der Waals surface area contributed by atoms with Crippen molar-refractivity contribution in [2.45, 2.75) is 23.4 Å². The van der Waals surface area contributed by atoms with E-state index in [-0.39, 0.29) is 16.8 Å². The van der Waals surface area contributed by atoms with Gasteiger partial charge in [0.05, 0.1) is 17.5 Å². The van der Waals surface area contributed by atoms with Crippen LogP contribution < -0.4 is 5.56 Å². The second-order valence-electron chi connectivity index (χ2n) is 4.68. The molecule has 0 bridgehead atoms. The van der Waals surface area contributed by atoms with Gasteiger partial charge in [-0.3, -0.25) is 14.2 Å². The summed E-state index contributed by atoms with van der Waals surface area (Å²) in [4.78, 5) is 28.7. The van der Waals surface area contributed by atoms with Gasteiger partial charge < -0.3 is 4.74 Å². The fourth-order valence-corrected chi connectivity index (χ4v) is 3.31. The summed E-state index contributed by atoms with van der Waals surface area (Å²) in [6.07, 6.45) is 2.29. The highest BCUT2D eigenvalue weighted by atomic mass is 32.2. The Kier molecular flexibility index (Phi) is 3.79. The number of cyclic esters (lactones) is 1. The SMILES string of the molecule is C=CCn1c(SC2CCOC2=O)nc2ccccc2c1=O. The largest absolute Gasteiger partial charge is 0.465 e. The van der Waals surface area contributed by atoms with Crippen molar-refractivity contribution in [3.05, 3.63) is 47.3 Å². The number of fused-ring (bicyclic) bond motifs is 1. The molecule has 2 aromatic rings. The van der Waals surface area contributed by atoms with E-state index in [0.29, 0.717) is 35.6 Å². The third kappa shape index (κ3) is 2.58. The normalized spacial score (nSPS) is 17.9. The minimum atomic E-state index is -0.297. The van der Waals surface area contributed by atoms with Crippen LogP contribution in [-0.4, -0.2) is 27.4 Å². The third-order valence-corrected chi connectivity index (χ3v) is 4.51. The number of carbonyl (C=O) groups is 1. The molecule has 1 aliphatic rings. The zero-order valence-corrected chi connectivity index (χ0v) is 12.1. The minimum Gasteiger partial charge on any atom is -0.465 e. The molecule has 21 heavy (non-hydrogen) atoms. The number of aromatic nitrogens is 2. The van der Waals surface area contributed by atoms with Gasteiger partial charge in [0, 0.05) is 13.0 Å². The molecule has 0 N–H and O–H groups in total. The second kappa shape index (κ2) is 5.73. The molecule has 1 aliphatic heterocycles. The summed E-state index contributed by atoms with van der Waals surface area (Å²) in [5.74, 6) is -0.243. The summed E-state index contributed by atoms with van der Waals surface area (Å²) in [7, 11) is 0. The Morgan fingerprint density at radius 3 is 2.95 bits per heavy atom. The van der Waals surface area contributed by atoms with Gasteiger partial charge in [-0.1, -0.05) is 30.0 Å². The number of ether oxygens (including phenoxy) is 1. The average molecular weight is 302 g/mol. The lowest BCUT2D eigenvalue weighted by Gasteiger charge is -2.12. The van der Waals surface area contributed by atoms with E-state index in [1.54, 1.807) is 22.8 Å². The highest BCUT2D eigenvalue weighted by molar-refractivity contribution is 8.00. The van der Waals surface area contributed by atoms with Gasteiger partial charge in [0.15, 0.2) is 5.16 Å². The van der Waals surface area contributed by atoms with Crippen LogP contribution in [0.15, 0.2) is 46.9 Å². The molecule has 0 spiro atoms. The first-order valence-corrected chi connectivity index (χ1v) is 7.52. The summed E-state index contributed by atoms with van der Waals surface area (Å²) in [6, 6.07) is 7.20. The highest BCUT2D eigenvalue weighted by Gasteiger charge is 2.29. The molecule has 3 rings (SSSR count). The quantitative estimate of drug-likeness (QED) is 0.491. The van der Waals surface area contributed by atoms with Crippen LogP contribution in [0.2, 0.25) is 0 Å². The monoisotopic (exact) mass is 302 g/mol. The molecule has 1 aromatic heterocycles. The van der Waals surface area contributed by atoms with Gasteiger partial charge in [-0.25, -0.2) is 4.98 Å². The average Bonchev–Trinajstić information content (AvgIpc) is 2.88. The standard InChI is InChI=1S/C15H14N2O3S/c1-2-8-17-13(18)10-5-3-4-6-11(10)16-15(17)21-12-7-9-20-14(12)19/h2-6,12H,1,7-9H2. The van der Waals surface area contributed by atoms with Crippen LogP contribution >= 0.6 is 11.8 Å². The number of esters is 1. The number of nitrogens with zero attached hydrogens (tertiary/aromatic N) is 2. The molecule has 1 atom stereocenters. The predicted octanol–water partition coefficient (Wildman–Crippen LogP) is 1.99. The van der Waals surface area contributed by atoms with Gasteiger partial charge in [-0.05, 0) is 12.1 Å². The number of carbonyl (C=O) groups excluding carboxylic acids is 1. The molecule has 0 saturated carbocycles. The molecule has 108 valence electrons. The number of rotatable bonds is 4. The molecule has 1 aromatic carbocycles. The van der Waals surface area contributed by atoms with Crippen LogP contribution in [0.1, 0.15) is 6.42 Å². The van der Waals surface area contributed by atoms with E-state index in [0.717, 1.165) is 0 Å². The van der Waals surface area contributed by atoms with Gasteiger partial charge in [0.2, 0.25) is 0 Å². The lowest BCUT2D eigenvalue weighted by Crippen LogP contribution is -2.24. The topological polar surface area (TPSA) is 61.2 Å². The molecule has 1 saturated heterocycles. The number of hydrogen-bond acceptors (Lipinski definition) is 5. The second-order valence-corrected chi connectivity index (χ2v) is 5.85. The van der Waals surface area contributed by atoms with E-state index in [4.69, 9.17) is 4.74 Å². The van der Waals surface area contributed by atoms with Crippen molar-refractivity contribution in [2.24, 2.45) is 0 Å². The molecule has 0 radical (unpaired) electrons. The van der Waals surface area contributed by atoms with Crippen LogP contribution in [0, 0.1) is 0 Å². The van der Waals surface area contributed by atoms with Gasteiger partial charge in [0.25, 0.3) is 5.56 Å². The van der Waals surface area contributed by atoms with E-state index >= 15 is 0 Å². The lowest BCUT2D eigenvalue weighted by atomic mass is 10.2. The van der Waals surface area contributed by atoms with Crippen molar-refractivity contribution >= 4 is 28.6 Å². The predicted molar refractivity (Wildman–Crippen MR) is 81.4 cm³/mol. The number of allylic oxidation sites excluding steroid dienone is 1. The van der Waals surface area contributed by atoms with E-state index in [1.165, 1.54) is 11.8 Å². The Balaban J connectivity index is 2.10. The van der Waals surface area contributed by atoms with Crippen LogP contribution in [0.4, 0.5) is 0 Å². The summed E-state index contributed by atoms with van der Waals surface area (Å²) in [5, 5.41) is 0.800. The maximum atomic E-state index is 12.5. The minimum absolute atomic E-state index is 0.116. The zero-order valence-electron chi connectivity index (χ0n) is 11.3. The number of hydrogen-bond donors (Lipinski definition) is 0. The van der Waals surface area contributed by atoms with Gasteiger partial charge >= 0.3 is 5.97 Å². The van der Waals surface area contributed by atoms with Crippen molar-refractivity contribution in [2.75, 3.05) is 6.61 Å². The Morgan fingerprint density at radius 2 is 2.24 bits per heavy atom. The molecule has 2 heterocycles. The van der Waals surface area contributed by atoms with E-state index in [2.05, 4.69) is 11.6 Å². The first kappa shape index (κ1) is 13.9. The Morgan fingerprint density at radius 1 is 1.43 bits per heavy atom. The highest BCUT2D eigenvalue weighted by Crippen LogP contribution is 2.28. The summed E-state index contributed by atoms with van der Waals surface area (Å²) < 4.78 is 6.51. The number of benzene rings is 1. The molecule has 6 heteroatoms. The lowest BCUT2D eigenvalue weighted by molar-refractivity contribution is -0.137. The van der Waals surface area contributed by atoms with Gasteiger partial charge in [-0.15, -0.1) is 6.58 Å². The van der Waals surface area contributed by atoms with Crippen LogP contribution in [-0.2, 0) is 16.1 Å². The third-order valence-electron chi connectivity index (χ3n) is 3.27. The van der Waals surface area contributed by atoms with Crippen molar-refractivity contribution in [1.29, 1.82) is 0 Å². The van der Waals surface area contributed by atoms with Crippen LogP contribution in [0.5, 0.6) is 0 Å². The first-order chi connectivity index (χ1) is 10.2. The van der Waals surface area contributed by atoms with Crippen LogP contribution in [0.3, 0.4) is 0 Å². The fraction of sp³-hybridized carbons (Fsp3) is 0.267. The summed E-state index contributed by atoms with van der Waals surface area (Å²) >= 11 is 1.28. The van der Waals surface area contributed by atoms with E-state index in [9.17, 15) is 9.59 Å². The molecule has 1 unspecified atom stereocenters. The molecule has 0 amide bonds. The zero-order chi connectivity index (χ0) is 14.8. The van der Waals surface area contributed by atoms with E-state index < -0.39 is 0 Å². The van der Waals surface area contributed by atoms with Gasteiger partial charge in [0.1, 0.15) is 5.25 Å². The maximum Gasteiger partial charge on any atom is 0.319 e. The molecule has 5 nitrogen and oxygen atoms in total.